The first-order valence-corrected chi connectivity index (χ1v) is 5.10. The van der Waals surface area contributed by atoms with E-state index in [-0.39, 0.29) is 18.3 Å². The van der Waals surface area contributed by atoms with Crippen molar-refractivity contribution in [3.8, 4) is 5.75 Å². The van der Waals surface area contributed by atoms with Gasteiger partial charge in [-0.25, -0.2) is 0 Å². The fourth-order valence-corrected chi connectivity index (χ4v) is 1.60. The molecule has 0 unspecified atom stereocenters. The summed E-state index contributed by atoms with van der Waals surface area (Å²) < 4.78 is 33.1. The predicted molar refractivity (Wildman–Crippen MR) is 56.2 cm³/mol. The summed E-state index contributed by atoms with van der Waals surface area (Å²) in [6, 6.07) is 5.95. The summed E-state index contributed by atoms with van der Waals surface area (Å²) in [4.78, 5) is 13.1. The van der Waals surface area contributed by atoms with Crippen LogP contribution in [0, 0.1) is 0 Å². The Kier molecular flexibility index (Phi) is 3.53. The Bertz CT molecular complexity index is 394. The predicted octanol–water partition coefficient (Wildman–Crippen LogP) is 1.65. The van der Waals surface area contributed by atoms with Crippen LogP contribution in [0.4, 0.5) is 14.5 Å². The largest absolute Gasteiger partial charge is 0.435 e. The molecule has 4 nitrogen and oxygen atoms in total. The van der Waals surface area contributed by atoms with Crippen LogP contribution in [-0.2, 0) is 9.53 Å². The lowest BCUT2D eigenvalue weighted by atomic mass is 10.2. The summed E-state index contributed by atoms with van der Waals surface area (Å²) in [6.07, 6.45) is 0. The molecule has 0 aromatic heterocycles. The molecule has 1 aromatic rings. The van der Waals surface area contributed by atoms with Crippen LogP contribution in [0.3, 0.4) is 0 Å². The zero-order chi connectivity index (χ0) is 12.3. The molecule has 0 spiro atoms. The van der Waals surface area contributed by atoms with Gasteiger partial charge in [-0.15, -0.1) is 0 Å². The van der Waals surface area contributed by atoms with Crippen molar-refractivity contribution in [2.24, 2.45) is 0 Å². The van der Waals surface area contributed by atoms with Crippen molar-refractivity contribution in [3.63, 3.8) is 0 Å². The van der Waals surface area contributed by atoms with Gasteiger partial charge in [-0.05, 0) is 24.3 Å². The third-order valence-corrected chi connectivity index (χ3v) is 2.36. The Hall–Kier alpha value is -1.69. The Morgan fingerprint density at radius 3 is 2.59 bits per heavy atom. The van der Waals surface area contributed by atoms with Gasteiger partial charge in [0, 0.05) is 12.2 Å². The summed E-state index contributed by atoms with van der Waals surface area (Å²) >= 11 is 0. The standard InChI is InChI=1S/C11H11F2NO3/c12-11(13)17-9-3-1-8(2-4-9)14-5-6-16-7-10(14)15/h1-4,11H,5-7H2. The minimum atomic E-state index is -2.84. The van der Waals surface area contributed by atoms with Crippen molar-refractivity contribution in [3.05, 3.63) is 24.3 Å². The minimum absolute atomic E-state index is 0.0509. The number of ether oxygens (including phenoxy) is 2. The van der Waals surface area contributed by atoms with Gasteiger partial charge in [0.15, 0.2) is 0 Å². The quantitative estimate of drug-likeness (QED) is 0.810. The highest BCUT2D eigenvalue weighted by atomic mass is 19.3. The van der Waals surface area contributed by atoms with E-state index in [1.54, 1.807) is 17.0 Å². The maximum absolute atomic E-state index is 11.9. The maximum Gasteiger partial charge on any atom is 0.387 e. The van der Waals surface area contributed by atoms with Gasteiger partial charge in [0.05, 0.1) is 6.61 Å². The maximum atomic E-state index is 11.9. The molecule has 1 aliphatic heterocycles. The monoisotopic (exact) mass is 243 g/mol. The number of halogens is 2. The van der Waals surface area contributed by atoms with Crippen LogP contribution in [0.5, 0.6) is 5.75 Å². The van der Waals surface area contributed by atoms with Crippen molar-refractivity contribution in [2.75, 3.05) is 24.7 Å². The van der Waals surface area contributed by atoms with E-state index in [1.165, 1.54) is 12.1 Å². The van der Waals surface area contributed by atoms with E-state index in [1.807, 2.05) is 0 Å². The number of nitrogens with zero attached hydrogens (tertiary/aromatic N) is 1. The minimum Gasteiger partial charge on any atom is -0.435 e. The van der Waals surface area contributed by atoms with Gasteiger partial charge in [0.2, 0.25) is 0 Å². The highest BCUT2D eigenvalue weighted by Crippen LogP contribution is 2.21. The van der Waals surface area contributed by atoms with Gasteiger partial charge >= 0.3 is 6.61 Å². The van der Waals surface area contributed by atoms with E-state index in [0.717, 1.165) is 0 Å². The molecular formula is C11H11F2NO3. The second-order valence-corrected chi connectivity index (χ2v) is 3.47. The summed E-state index contributed by atoms with van der Waals surface area (Å²) in [5.41, 5.74) is 0.653. The highest BCUT2D eigenvalue weighted by molar-refractivity contribution is 5.94. The Morgan fingerprint density at radius 2 is 2.00 bits per heavy atom. The van der Waals surface area contributed by atoms with E-state index >= 15 is 0 Å². The molecule has 0 N–H and O–H groups in total. The molecule has 1 heterocycles. The number of hydrogen-bond donors (Lipinski definition) is 0. The third-order valence-electron chi connectivity index (χ3n) is 2.36. The lowest BCUT2D eigenvalue weighted by Crippen LogP contribution is -2.41. The number of alkyl halides is 2. The van der Waals surface area contributed by atoms with Gasteiger partial charge < -0.3 is 14.4 Å². The Balaban J connectivity index is 2.08. The average molecular weight is 243 g/mol. The van der Waals surface area contributed by atoms with Crippen LogP contribution in [0.15, 0.2) is 24.3 Å². The number of benzene rings is 1. The molecule has 1 fully saturated rings. The number of hydrogen-bond acceptors (Lipinski definition) is 3. The van der Waals surface area contributed by atoms with Crippen LogP contribution in [-0.4, -0.2) is 32.3 Å². The van der Waals surface area contributed by atoms with E-state index in [9.17, 15) is 13.6 Å². The zero-order valence-corrected chi connectivity index (χ0v) is 8.94. The fourth-order valence-electron chi connectivity index (χ4n) is 1.60. The van der Waals surface area contributed by atoms with E-state index < -0.39 is 6.61 Å². The molecule has 17 heavy (non-hydrogen) atoms. The van der Waals surface area contributed by atoms with Gasteiger partial charge in [0.25, 0.3) is 5.91 Å². The van der Waals surface area contributed by atoms with Gasteiger partial charge in [-0.1, -0.05) is 0 Å². The van der Waals surface area contributed by atoms with Gasteiger partial charge in [-0.2, -0.15) is 8.78 Å². The van der Waals surface area contributed by atoms with Crippen LogP contribution < -0.4 is 9.64 Å². The molecule has 0 radical (unpaired) electrons. The van der Waals surface area contributed by atoms with Crippen LogP contribution in [0.1, 0.15) is 0 Å². The van der Waals surface area contributed by atoms with E-state index in [2.05, 4.69) is 4.74 Å². The van der Waals surface area contributed by atoms with Crippen LogP contribution >= 0.6 is 0 Å². The second kappa shape index (κ2) is 5.09. The average Bonchev–Trinajstić information content (AvgIpc) is 2.30. The molecule has 0 saturated carbocycles. The molecule has 6 heteroatoms. The lowest BCUT2D eigenvalue weighted by molar-refractivity contribution is -0.125. The summed E-state index contributed by atoms with van der Waals surface area (Å²) in [7, 11) is 0. The van der Waals surface area contributed by atoms with Crippen molar-refractivity contribution in [2.45, 2.75) is 6.61 Å². The van der Waals surface area contributed by atoms with Crippen LogP contribution in [0.2, 0.25) is 0 Å². The molecule has 1 aliphatic rings. The molecular weight excluding hydrogens is 232 g/mol. The number of anilines is 1. The zero-order valence-electron chi connectivity index (χ0n) is 8.94. The molecule has 92 valence electrons. The lowest BCUT2D eigenvalue weighted by Gasteiger charge is -2.26. The first kappa shape index (κ1) is 11.8. The van der Waals surface area contributed by atoms with Crippen molar-refractivity contribution >= 4 is 11.6 Å². The summed E-state index contributed by atoms with van der Waals surface area (Å²) in [5.74, 6) is -0.0664. The smallest absolute Gasteiger partial charge is 0.387 e. The molecule has 2 rings (SSSR count). The number of rotatable bonds is 3. The van der Waals surface area contributed by atoms with Gasteiger partial charge in [-0.3, -0.25) is 4.79 Å². The second-order valence-electron chi connectivity index (χ2n) is 3.47. The van der Waals surface area contributed by atoms with Crippen molar-refractivity contribution in [1.29, 1.82) is 0 Å². The van der Waals surface area contributed by atoms with Crippen LogP contribution in [0.25, 0.3) is 0 Å². The van der Waals surface area contributed by atoms with E-state index in [4.69, 9.17) is 4.74 Å². The van der Waals surface area contributed by atoms with E-state index in [0.29, 0.717) is 18.8 Å². The van der Waals surface area contributed by atoms with Gasteiger partial charge in [0.1, 0.15) is 12.4 Å². The first-order valence-electron chi connectivity index (χ1n) is 5.10. The normalized spacial score (nSPS) is 16.4. The number of amides is 1. The fraction of sp³-hybridized carbons (Fsp3) is 0.364. The van der Waals surface area contributed by atoms with Crippen molar-refractivity contribution < 1.29 is 23.0 Å². The molecule has 0 atom stereocenters. The number of morpholine rings is 1. The molecule has 1 saturated heterocycles. The Morgan fingerprint density at radius 1 is 1.29 bits per heavy atom. The number of carbonyl (C=O) groups excluding carboxylic acids is 1. The molecule has 1 amide bonds. The SMILES string of the molecule is O=C1COCCN1c1ccc(OC(F)F)cc1. The topological polar surface area (TPSA) is 38.8 Å². The third kappa shape index (κ3) is 2.91. The van der Waals surface area contributed by atoms with Crippen molar-refractivity contribution in [1.82, 2.24) is 0 Å². The summed E-state index contributed by atoms with van der Waals surface area (Å²) in [5, 5.41) is 0. The summed E-state index contributed by atoms with van der Waals surface area (Å²) in [6.45, 7) is -1.85. The number of carbonyl (C=O) groups is 1. The Labute approximate surface area is 96.7 Å². The first-order chi connectivity index (χ1) is 8.16. The molecule has 0 aliphatic carbocycles. The highest BCUT2D eigenvalue weighted by Gasteiger charge is 2.20. The molecule has 0 bridgehead atoms. The molecule has 1 aromatic carbocycles.